The van der Waals surface area contributed by atoms with Crippen molar-refractivity contribution in [2.75, 3.05) is 0 Å². The van der Waals surface area contributed by atoms with E-state index in [1.54, 1.807) is 18.3 Å². The van der Waals surface area contributed by atoms with Crippen molar-refractivity contribution in [3.05, 3.63) is 75.6 Å². The van der Waals surface area contributed by atoms with Crippen LogP contribution in [0.2, 0.25) is 5.15 Å². The molecule has 0 aliphatic carbocycles. The van der Waals surface area contributed by atoms with Crippen LogP contribution in [0.3, 0.4) is 0 Å². The highest BCUT2D eigenvalue weighted by Gasteiger charge is 2.26. The molecule has 4 rings (SSSR count). The van der Waals surface area contributed by atoms with Crippen LogP contribution >= 0.6 is 11.6 Å². The zero-order chi connectivity index (χ0) is 21.3. The van der Waals surface area contributed by atoms with E-state index in [9.17, 15) is 9.65 Å². The van der Waals surface area contributed by atoms with E-state index in [2.05, 4.69) is 26.0 Å². The Morgan fingerprint density at radius 2 is 2.07 bits per heavy atom. The predicted molar refractivity (Wildman–Crippen MR) is 110 cm³/mol. The smallest absolute Gasteiger partial charge is 0.147 e. The average molecular weight is 422 g/mol. The van der Waals surface area contributed by atoms with Crippen molar-refractivity contribution in [3.8, 4) is 6.07 Å². The standard InChI is InChI=1S/C21H17ClFN7/c1-3-19-26-12(2)20-17(28-19)11-30(10-13-4-5-18(22)27-16(13)7-24)21(29-20)14-6-15(23)9-25-8-14/h4-6,8-9H,3,10-11H2,1-2H3. The van der Waals surface area contributed by atoms with E-state index in [1.165, 1.54) is 6.07 Å². The van der Waals surface area contributed by atoms with Crippen LogP contribution in [-0.2, 0) is 19.5 Å². The largest absolute Gasteiger partial charge is 0.346 e. The molecule has 0 radical (unpaired) electrons. The zero-order valence-corrected chi connectivity index (χ0v) is 17.2. The third-order valence-corrected chi connectivity index (χ3v) is 4.94. The van der Waals surface area contributed by atoms with E-state index in [-0.39, 0.29) is 10.8 Å². The van der Waals surface area contributed by atoms with Crippen molar-refractivity contribution in [1.82, 2.24) is 24.8 Å². The monoisotopic (exact) mass is 421 g/mol. The lowest BCUT2D eigenvalue weighted by atomic mass is 10.1. The van der Waals surface area contributed by atoms with Gasteiger partial charge < -0.3 is 4.90 Å². The molecule has 1 aliphatic rings. The lowest BCUT2D eigenvalue weighted by Crippen LogP contribution is -2.34. The maximum Gasteiger partial charge on any atom is 0.147 e. The van der Waals surface area contributed by atoms with Gasteiger partial charge in [0.15, 0.2) is 0 Å². The number of amidine groups is 1. The molecule has 30 heavy (non-hydrogen) atoms. The molecule has 0 saturated heterocycles. The molecule has 9 heteroatoms. The molecule has 0 aromatic carbocycles. The van der Waals surface area contributed by atoms with Gasteiger partial charge in [-0.2, -0.15) is 5.26 Å². The quantitative estimate of drug-likeness (QED) is 0.593. The van der Waals surface area contributed by atoms with Crippen LogP contribution in [0.25, 0.3) is 0 Å². The van der Waals surface area contributed by atoms with Gasteiger partial charge in [-0.05, 0) is 19.1 Å². The predicted octanol–water partition coefficient (Wildman–Crippen LogP) is 3.90. The van der Waals surface area contributed by atoms with Crippen LogP contribution in [0.1, 0.15) is 41.0 Å². The fraction of sp³-hybridized carbons (Fsp3) is 0.238. The first-order valence-electron chi connectivity index (χ1n) is 9.35. The van der Waals surface area contributed by atoms with E-state index in [0.29, 0.717) is 42.2 Å². The second kappa shape index (κ2) is 8.13. The highest BCUT2D eigenvalue weighted by atomic mass is 35.5. The number of fused-ring (bicyclic) bond motifs is 1. The summed E-state index contributed by atoms with van der Waals surface area (Å²) in [7, 11) is 0. The van der Waals surface area contributed by atoms with Gasteiger partial charge in [-0.1, -0.05) is 24.6 Å². The second-order valence-electron chi connectivity index (χ2n) is 6.81. The Hall–Kier alpha value is -3.44. The summed E-state index contributed by atoms with van der Waals surface area (Å²) in [6, 6.07) is 6.85. The molecule has 0 amide bonds. The number of pyridine rings is 2. The maximum absolute atomic E-state index is 13.9. The number of aliphatic imine (C=N–C) groups is 1. The third-order valence-electron chi connectivity index (χ3n) is 4.73. The van der Waals surface area contributed by atoms with E-state index in [1.807, 2.05) is 18.7 Å². The fourth-order valence-corrected chi connectivity index (χ4v) is 3.49. The number of hydrogen-bond acceptors (Lipinski definition) is 7. The van der Waals surface area contributed by atoms with E-state index in [0.717, 1.165) is 23.4 Å². The van der Waals surface area contributed by atoms with Crippen molar-refractivity contribution in [1.29, 1.82) is 5.26 Å². The van der Waals surface area contributed by atoms with Gasteiger partial charge in [0.05, 0.1) is 24.1 Å². The Kier molecular flexibility index (Phi) is 5.38. The summed E-state index contributed by atoms with van der Waals surface area (Å²) < 4.78 is 13.9. The Morgan fingerprint density at radius 1 is 1.23 bits per heavy atom. The van der Waals surface area contributed by atoms with Crippen molar-refractivity contribution in [2.24, 2.45) is 4.99 Å². The molecule has 3 aromatic heterocycles. The van der Waals surface area contributed by atoms with Crippen molar-refractivity contribution >= 4 is 23.1 Å². The maximum atomic E-state index is 13.9. The topological polar surface area (TPSA) is 91.0 Å². The van der Waals surface area contributed by atoms with Gasteiger partial charge in [0.1, 0.15) is 40.1 Å². The normalized spacial score (nSPS) is 12.9. The molecule has 4 heterocycles. The van der Waals surface area contributed by atoms with Crippen LogP contribution in [0.15, 0.2) is 35.6 Å². The number of aromatic nitrogens is 4. The Labute approximate surface area is 177 Å². The SMILES string of the molecule is CCc1nc(C)c2c(n1)CN(Cc1ccc(Cl)nc1C#N)C(c1cncc(F)c1)=N2. The Bertz CT molecular complexity index is 1200. The number of nitrogens with zero attached hydrogens (tertiary/aromatic N) is 7. The highest BCUT2D eigenvalue weighted by Crippen LogP contribution is 2.31. The lowest BCUT2D eigenvalue weighted by Gasteiger charge is -2.31. The highest BCUT2D eigenvalue weighted by molar-refractivity contribution is 6.29. The molecule has 0 bridgehead atoms. The summed E-state index contributed by atoms with van der Waals surface area (Å²) in [6.07, 6.45) is 3.41. The van der Waals surface area contributed by atoms with Gasteiger partial charge in [0.2, 0.25) is 0 Å². The average Bonchev–Trinajstić information content (AvgIpc) is 2.74. The van der Waals surface area contributed by atoms with E-state index in [4.69, 9.17) is 16.6 Å². The first-order chi connectivity index (χ1) is 14.5. The first kappa shape index (κ1) is 19.9. The number of nitriles is 1. The second-order valence-corrected chi connectivity index (χ2v) is 7.20. The first-order valence-corrected chi connectivity index (χ1v) is 9.72. The molecule has 0 spiro atoms. The minimum atomic E-state index is -0.457. The summed E-state index contributed by atoms with van der Waals surface area (Å²) >= 11 is 5.93. The van der Waals surface area contributed by atoms with Gasteiger partial charge >= 0.3 is 0 Å². The molecule has 3 aromatic rings. The van der Waals surface area contributed by atoms with Crippen molar-refractivity contribution < 1.29 is 4.39 Å². The molecule has 0 atom stereocenters. The molecule has 0 N–H and O–H groups in total. The lowest BCUT2D eigenvalue weighted by molar-refractivity contribution is 0.393. The van der Waals surface area contributed by atoms with E-state index < -0.39 is 5.82 Å². The summed E-state index contributed by atoms with van der Waals surface area (Å²) in [6.45, 7) is 4.63. The Morgan fingerprint density at radius 3 is 2.80 bits per heavy atom. The van der Waals surface area contributed by atoms with Crippen LogP contribution in [0.5, 0.6) is 0 Å². The number of hydrogen-bond donors (Lipinski definition) is 0. The minimum absolute atomic E-state index is 0.234. The zero-order valence-electron chi connectivity index (χ0n) is 16.4. The molecule has 0 unspecified atom stereocenters. The van der Waals surface area contributed by atoms with Gasteiger partial charge in [-0.25, -0.2) is 24.3 Å². The third kappa shape index (κ3) is 3.84. The van der Waals surface area contributed by atoms with Crippen molar-refractivity contribution in [2.45, 2.75) is 33.4 Å². The van der Waals surface area contributed by atoms with Gasteiger partial charge in [-0.15, -0.1) is 0 Å². The summed E-state index contributed by atoms with van der Waals surface area (Å²) in [5.41, 5.74) is 3.68. The molecule has 0 fully saturated rings. The Balaban J connectivity index is 1.83. The van der Waals surface area contributed by atoms with Crippen LogP contribution in [0, 0.1) is 24.1 Å². The number of aryl methyl sites for hydroxylation is 2. The molecule has 150 valence electrons. The van der Waals surface area contributed by atoms with Gasteiger partial charge in [-0.3, -0.25) is 4.98 Å². The summed E-state index contributed by atoms with van der Waals surface area (Å²) in [5, 5.41) is 9.70. The number of halogens is 2. The summed E-state index contributed by atoms with van der Waals surface area (Å²) in [5.74, 6) is 0.813. The minimum Gasteiger partial charge on any atom is -0.346 e. The van der Waals surface area contributed by atoms with Gasteiger partial charge in [0, 0.05) is 30.3 Å². The molecular formula is C21H17ClFN7. The van der Waals surface area contributed by atoms with Crippen LogP contribution in [-0.4, -0.2) is 30.7 Å². The molecule has 7 nitrogen and oxygen atoms in total. The van der Waals surface area contributed by atoms with Crippen molar-refractivity contribution in [3.63, 3.8) is 0 Å². The van der Waals surface area contributed by atoms with E-state index >= 15 is 0 Å². The summed E-state index contributed by atoms with van der Waals surface area (Å²) in [4.78, 5) is 23.9. The van der Waals surface area contributed by atoms with Crippen LogP contribution < -0.4 is 0 Å². The van der Waals surface area contributed by atoms with Crippen LogP contribution in [0.4, 0.5) is 10.1 Å². The molecular weight excluding hydrogens is 405 g/mol. The van der Waals surface area contributed by atoms with Gasteiger partial charge in [0.25, 0.3) is 0 Å². The fourth-order valence-electron chi connectivity index (χ4n) is 3.34. The molecule has 1 aliphatic heterocycles. The number of rotatable bonds is 4. The molecule has 0 saturated carbocycles.